The lowest BCUT2D eigenvalue weighted by Gasteiger charge is -2.39. The molecule has 15 heavy (non-hydrogen) atoms. The summed E-state index contributed by atoms with van der Waals surface area (Å²) in [6.07, 6.45) is 2.79. The third-order valence-electron chi connectivity index (χ3n) is 4.00. The summed E-state index contributed by atoms with van der Waals surface area (Å²) in [6, 6.07) is 1.18. The Bertz CT molecular complexity index is 203. The molecule has 2 fully saturated rings. The number of nitrogens with two attached hydrogens (primary N) is 1. The average molecular weight is 211 g/mol. The van der Waals surface area contributed by atoms with Gasteiger partial charge in [0.2, 0.25) is 0 Å². The average Bonchev–Trinajstić information content (AvgIpc) is 2.64. The molecule has 2 rings (SSSR count). The van der Waals surface area contributed by atoms with Crippen LogP contribution in [0.4, 0.5) is 0 Å². The fourth-order valence-electron chi connectivity index (χ4n) is 2.73. The molecule has 0 aromatic carbocycles. The molecule has 3 nitrogen and oxygen atoms in total. The summed E-state index contributed by atoms with van der Waals surface area (Å²) < 4.78 is 0. The van der Waals surface area contributed by atoms with Gasteiger partial charge in [-0.3, -0.25) is 9.80 Å². The van der Waals surface area contributed by atoms with Gasteiger partial charge in [0, 0.05) is 38.3 Å². The molecule has 3 heteroatoms. The van der Waals surface area contributed by atoms with Crippen molar-refractivity contribution in [3.63, 3.8) is 0 Å². The lowest BCUT2D eigenvalue weighted by atomic mass is 10.0. The first kappa shape index (κ1) is 11.4. The zero-order valence-electron chi connectivity index (χ0n) is 10.2. The van der Waals surface area contributed by atoms with E-state index in [-0.39, 0.29) is 0 Å². The van der Waals surface area contributed by atoms with Gasteiger partial charge in [0.1, 0.15) is 0 Å². The van der Waals surface area contributed by atoms with Gasteiger partial charge in [0.15, 0.2) is 0 Å². The van der Waals surface area contributed by atoms with E-state index in [1.807, 2.05) is 0 Å². The van der Waals surface area contributed by atoms with Gasteiger partial charge < -0.3 is 5.73 Å². The Morgan fingerprint density at radius 2 is 2.07 bits per heavy atom. The van der Waals surface area contributed by atoms with E-state index in [1.165, 1.54) is 39.0 Å². The molecule has 0 aliphatic carbocycles. The third-order valence-corrected chi connectivity index (χ3v) is 4.00. The van der Waals surface area contributed by atoms with Gasteiger partial charge in [-0.25, -0.2) is 0 Å². The molecule has 0 radical (unpaired) electrons. The van der Waals surface area contributed by atoms with Crippen LogP contribution in [0.5, 0.6) is 0 Å². The van der Waals surface area contributed by atoms with Crippen molar-refractivity contribution in [1.29, 1.82) is 0 Å². The number of hydrogen-bond acceptors (Lipinski definition) is 3. The maximum Gasteiger partial charge on any atom is 0.0224 e. The number of hydrogen-bond donors (Lipinski definition) is 1. The Balaban J connectivity index is 1.80. The second kappa shape index (κ2) is 4.81. The summed E-state index contributed by atoms with van der Waals surface area (Å²) in [5.74, 6) is 0.603. The Morgan fingerprint density at radius 1 is 1.27 bits per heavy atom. The predicted molar refractivity (Wildman–Crippen MR) is 63.8 cm³/mol. The van der Waals surface area contributed by atoms with Crippen LogP contribution < -0.4 is 5.73 Å². The molecule has 88 valence electrons. The van der Waals surface area contributed by atoms with Crippen LogP contribution in [-0.4, -0.2) is 54.6 Å². The Kier molecular flexibility index (Phi) is 3.65. The summed E-state index contributed by atoms with van der Waals surface area (Å²) in [4.78, 5) is 5.22. The highest BCUT2D eigenvalue weighted by Gasteiger charge is 2.30. The van der Waals surface area contributed by atoms with Crippen LogP contribution in [0.1, 0.15) is 26.7 Å². The monoisotopic (exact) mass is 211 g/mol. The van der Waals surface area contributed by atoms with Gasteiger partial charge in [0.25, 0.3) is 0 Å². The molecule has 2 N–H and O–H groups in total. The first-order chi connectivity index (χ1) is 7.16. The second-order valence-electron chi connectivity index (χ2n) is 5.50. The van der Waals surface area contributed by atoms with Crippen molar-refractivity contribution in [2.75, 3.05) is 32.7 Å². The standard InChI is InChI=1S/C12H25N3/c1-10(2)12(13)9-14-6-7-15-5-3-4-11(15)8-14/h10-12H,3-9,13H2,1-2H3. The molecule has 0 bridgehead atoms. The van der Waals surface area contributed by atoms with Gasteiger partial charge in [-0.15, -0.1) is 0 Å². The minimum absolute atomic E-state index is 0.345. The molecule has 0 spiro atoms. The van der Waals surface area contributed by atoms with E-state index in [4.69, 9.17) is 5.73 Å². The first-order valence-corrected chi connectivity index (χ1v) is 6.39. The molecule has 2 aliphatic rings. The normalized spacial score (nSPS) is 30.8. The maximum absolute atomic E-state index is 6.13. The minimum Gasteiger partial charge on any atom is -0.326 e. The van der Waals surface area contributed by atoms with E-state index in [0.717, 1.165) is 12.6 Å². The number of nitrogens with zero attached hydrogens (tertiary/aromatic N) is 2. The fourth-order valence-corrected chi connectivity index (χ4v) is 2.73. The van der Waals surface area contributed by atoms with Crippen LogP contribution in [0.15, 0.2) is 0 Å². The largest absolute Gasteiger partial charge is 0.326 e. The quantitative estimate of drug-likeness (QED) is 0.748. The highest BCUT2D eigenvalue weighted by atomic mass is 15.3. The van der Waals surface area contributed by atoms with Gasteiger partial charge in [-0.1, -0.05) is 13.8 Å². The van der Waals surface area contributed by atoms with Crippen molar-refractivity contribution in [2.45, 2.75) is 38.8 Å². The van der Waals surface area contributed by atoms with Crippen LogP contribution in [0.2, 0.25) is 0 Å². The van der Waals surface area contributed by atoms with Crippen molar-refractivity contribution in [1.82, 2.24) is 9.80 Å². The van der Waals surface area contributed by atoms with Gasteiger partial charge in [-0.2, -0.15) is 0 Å². The fraction of sp³-hybridized carbons (Fsp3) is 1.00. The molecule has 2 unspecified atom stereocenters. The lowest BCUT2D eigenvalue weighted by Crippen LogP contribution is -2.53. The summed E-state index contributed by atoms with van der Waals surface area (Å²) in [6.45, 7) is 10.6. The van der Waals surface area contributed by atoms with Gasteiger partial charge in [0.05, 0.1) is 0 Å². The molecule has 0 aromatic heterocycles. The van der Waals surface area contributed by atoms with Gasteiger partial charge >= 0.3 is 0 Å². The molecule has 2 aliphatic heterocycles. The van der Waals surface area contributed by atoms with Crippen LogP contribution in [0, 0.1) is 5.92 Å². The Hall–Kier alpha value is -0.120. The zero-order valence-corrected chi connectivity index (χ0v) is 10.2. The summed E-state index contributed by atoms with van der Waals surface area (Å²) in [7, 11) is 0. The smallest absolute Gasteiger partial charge is 0.0224 e. The molecular weight excluding hydrogens is 186 g/mol. The van der Waals surface area contributed by atoms with E-state index in [9.17, 15) is 0 Å². The molecule has 0 saturated carbocycles. The van der Waals surface area contributed by atoms with Crippen molar-refractivity contribution in [3.8, 4) is 0 Å². The number of piperazine rings is 1. The molecule has 0 amide bonds. The van der Waals surface area contributed by atoms with Gasteiger partial charge in [-0.05, 0) is 25.3 Å². The minimum atomic E-state index is 0.345. The van der Waals surface area contributed by atoms with E-state index in [2.05, 4.69) is 23.6 Å². The number of rotatable bonds is 3. The molecule has 2 saturated heterocycles. The van der Waals surface area contributed by atoms with Crippen molar-refractivity contribution < 1.29 is 0 Å². The van der Waals surface area contributed by atoms with E-state index >= 15 is 0 Å². The van der Waals surface area contributed by atoms with E-state index in [1.54, 1.807) is 0 Å². The maximum atomic E-state index is 6.13. The summed E-state index contributed by atoms with van der Waals surface area (Å²) >= 11 is 0. The zero-order chi connectivity index (χ0) is 10.8. The van der Waals surface area contributed by atoms with Crippen molar-refractivity contribution in [3.05, 3.63) is 0 Å². The SMILES string of the molecule is CC(C)C(N)CN1CCN2CCCC2C1. The molecule has 0 aromatic rings. The van der Waals surface area contributed by atoms with Crippen LogP contribution in [-0.2, 0) is 0 Å². The highest BCUT2D eigenvalue weighted by molar-refractivity contribution is 4.88. The van der Waals surface area contributed by atoms with E-state index < -0.39 is 0 Å². The van der Waals surface area contributed by atoms with Crippen molar-refractivity contribution in [2.24, 2.45) is 11.7 Å². The first-order valence-electron chi connectivity index (χ1n) is 6.39. The summed E-state index contributed by atoms with van der Waals surface area (Å²) in [5, 5.41) is 0. The Labute approximate surface area is 93.6 Å². The van der Waals surface area contributed by atoms with Crippen molar-refractivity contribution >= 4 is 0 Å². The summed E-state index contributed by atoms with van der Waals surface area (Å²) in [5.41, 5.74) is 6.13. The van der Waals surface area contributed by atoms with E-state index in [0.29, 0.717) is 12.0 Å². The second-order valence-corrected chi connectivity index (χ2v) is 5.50. The Morgan fingerprint density at radius 3 is 2.80 bits per heavy atom. The predicted octanol–water partition coefficient (Wildman–Crippen LogP) is 0.750. The topological polar surface area (TPSA) is 32.5 Å². The third kappa shape index (κ3) is 2.71. The molecule has 2 heterocycles. The lowest BCUT2D eigenvalue weighted by molar-refractivity contribution is 0.0958. The molecule has 2 atom stereocenters. The molecular formula is C12H25N3. The number of fused-ring (bicyclic) bond motifs is 1. The van der Waals surface area contributed by atoms with Crippen LogP contribution in [0.3, 0.4) is 0 Å². The van der Waals surface area contributed by atoms with Crippen LogP contribution in [0.25, 0.3) is 0 Å². The van der Waals surface area contributed by atoms with Crippen LogP contribution >= 0.6 is 0 Å². The highest BCUT2D eigenvalue weighted by Crippen LogP contribution is 2.21.